The molecule has 17 heavy (non-hydrogen) atoms. The molecule has 4 N–H and O–H groups in total. The van der Waals surface area contributed by atoms with Crippen molar-refractivity contribution in [1.82, 2.24) is 5.32 Å². The SMILES string of the molecule is CNCCC(O)C(O)c1ccc(F)cc1CO. The predicted octanol–water partition coefficient (Wildman–Crippen LogP) is 0.322. The van der Waals surface area contributed by atoms with Gasteiger partial charge >= 0.3 is 0 Å². The Kier molecular flexibility index (Phi) is 5.50. The number of halogens is 1. The van der Waals surface area contributed by atoms with Crippen molar-refractivity contribution >= 4 is 0 Å². The zero-order chi connectivity index (χ0) is 12.8. The standard InChI is InChI=1S/C12H18FNO3/c1-14-5-4-11(16)12(17)10-3-2-9(13)6-8(10)7-15/h2-3,6,11-12,14-17H,4-5,7H2,1H3. The Morgan fingerprint density at radius 1 is 1.35 bits per heavy atom. The summed E-state index contributed by atoms with van der Waals surface area (Å²) in [5.74, 6) is -0.477. The molecule has 2 unspecified atom stereocenters. The Hall–Kier alpha value is -1.01. The molecule has 0 spiro atoms. The van der Waals surface area contributed by atoms with Crippen LogP contribution >= 0.6 is 0 Å². The van der Waals surface area contributed by atoms with Crippen LogP contribution in [0.15, 0.2) is 18.2 Å². The fourth-order valence-corrected chi connectivity index (χ4v) is 1.66. The summed E-state index contributed by atoms with van der Waals surface area (Å²) in [7, 11) is 1.75. The zero-order valence-electron chi connectivity index (χ0n) is 9.73. The van der Waals surface area contributed by atoms with Crippen molar-refractivity contribution in [2.45, 2.75) is 25.2 Å². The van der Waals surface area contributed by atoms with E-state index in [0.29, 0.717) is 24.1 Å². The molecule has 0 aliphatic rings. The van der Waals surface area contributed by atoms with Gasteiger partial charge in [-0.2, -0.15) is 0 Å². The molecule has 0 amide bonds. The lowest BCUT2D eigenvalue weighted by Gasteiger charge is -2.20. The lowest BCUT2D eigenvalue weighted by atomic mass is 9.97. The van der Waals surface area contributed by atoms with Crippen LogP contribution < -0.4 is 5.32 Å². The molecule has 1 aromatic rings. The molecule has 0 saturated heterocycles. The number of hydrogen-bond donors (Lipinski definition) is 4. The molecular weight excluding hydrogens is 225 g/mol. The summed E-state index contributed by atoms with van der Waals surface area (Å²) in [6, 6.07) is 3.74. The van der Waals surface area contributed by atoms with Crippen LogP contribution in [0.3, 0.4) is 0 Å². The van der Waals surface area contributed by atoms with Gasteiger partial charge < -0.3 is 20.6 Å². The Bertz CT molecular complexity index is 360. The topological polar surface area (TPSA) is 72.7 Å². The predicted molar refractivity (Wildman–Crippen MR) is 61.8 cm³/mol. The molecule has 1 aromatic carbocycles. The second kappa shape index (κ2) is 6.66. The van der Waals surface area contributed by atoms with E-state index >= 15 is 0 Å². The Balaban J connectivity index is 2.83. The van der Waals surface area contributed by atoms with Gasteiger partial charge in [-0.3, -0.25) is 0 Å². The minimum absolute atomic E-state index is 0.293. The third kappa shape index (κ3) is 3.74. The number of benzene rings is 1. The Labute approximate surface area is 99.7 Å². The molecule has 0 saturated carbocycles. The normalized spacial score (nSPS) is 14.6. The van der Waals surface area contributed by atoms with Gasteiger partial charge in [0.05, 0.1) is 12.7 Å². The van der Waals surface area contributed by atoms with Crippen LogP contribution in [0, 0.1) is 5.82 Å². The maximum Gasteiger partial charge on any atom is 0.123 e. The molecule has 2 atom stereocenters. The minimum atomic E-state index is -1.12. The van der Waals surface area contributed by atoms with E-state index in [0.717, 1.165) is 6.07 Å². The largest absolute Gasteiger partial charge is 0.392 e. The number of nitrogens with one attached hydrogen (secondary N) is 1. The van der Waals surface area contributed by atoms with Gasteiger partial charge in [0, 0.05) is 0 Å². The van der Waals surface area contributed by atoms with Gasteiger partial charge in [-0.25, -0.2) is 4.39 Å². The summed E-state index contributed by atoms with van der Waals surface area (Å²) in [6.07, 6.45) is -1.69. The third-order valence-electron chi connectivity index (χ3n) is 2.65. The van der Waals surface area contributed by atoms with E-state index < -0.39 is 18.0 Å². The van der Waals surface area contributed by atoms with Gasteiger partial charge in [-0.1, -0.05) is 6.07 Å². The molecule has 0 heterocycles. The molecule has 0 radical (unpaired) electrons. The third-order valence-corrected chi connectivity index (χ3v) is 2.65. The first-order valence-electron chi connectivity index (χ1n) is 5.50. The molecule has 96 valence electrons. The van der Waals surface area contributed by atoms with E-state index in [-0.39, 0.29) is 6.61 Å². The van der Waals surface area contributed by atoms with Crippen LogP contribution in [0.5, 0.6) is 0 Å². The van der Waals surface area contributed by atoms with Crippen LogP contribution in [0.4, 0.5) is 4.39 Å². The second-order valence-electron chi connectivity index (χ2n) is 3.91. The first kappa shape index (κ1) is 14.1. The van der Waals surface area contributed by atoms with Crippen LogP contribution in [0.25, 0.3) is 0 Å². The smallest absolute Gasteiger partial charge is 0.123 e. The van der Waals surface area contributed by atoms with Gasteiger partial charge in [0.1, 0.15) is 11.9 Å². The molecule has 1 rings (SSSR count). The van der Waals surface area contributed by atoms with E-state index in [1.54, 1.807) is 7.05 Å². The van der Waals surface area contributed by atoms with Gasteiger partial charge in [-0.05, 0) is 43.3 Å². The molecule has 0 aliphatic heterocycles. The van der Waals surface area contributed by atoms with Crippen molar-refractivity contribution in [2.24, 2.45) is 0 Å². The quantitative estimate of drug-likeness (QED) is 0.580. The van der Waals surface area contributed by atoms with Crippen LogP contribution in [0.1, 0.15) is 23.7 Å². The highest BCUT2D eigenvalue weighted by atomic mass is 19.1. The van der Waals surface area contributed by atoms with E-state index in [1.807, 2.05) is 0 Å². The van der Waals surface area contributed by atoms with Gasteiger partial charge in [0.15, 0.2) is 0 Å². The molecule has 0 aromatic heterocycles. The summed E-state index contributed by atoms with van der Waals surface area (Å²) >= 11 is 0. The molecule has 0 bridgehead atoms. The second-order valence-corrected chi connectivity index (χ2v) is 3.91. The number of rotatable bonds is 6. The van der Waals surface area contributed by atoms with Crippen LogP contribution in [0.2, 0.25) is 0 Å². The minimum Gasteiger partial charge on any atom is -0.392 e. The highest BCUT2D eigenvalue weighted by molar-refractivity contribution is 5.29. The number of aliphatic hydroxyl groups is 3. The van der Waals surface area contributed by atoms with Crippen LogP contribution in [-0.4, -0.2) is 35.0 Å². The van der Waals surface area contributed by atoms with E-state index in [9.17, 15) is 14.6 Å². The van der Waals surface area contributed by atoms with Gasteiger partial charge in [0.25, 0.3) is 0 Å². The molecule has 0 fully saturated rings. The molecule has 5 heteroatoms. The van der Waals surface area contributed by atoms with Crippen molar-refractivity contribution in [1.29, 1.82) is 0 Å². The van der Waals surface area contributed by atoms with Gasteiger partial charge in [0.2, 0.25) is 0 Å². The van der Waals surface area contributed by atoms with E-state index in [4.69, 9.17) is 5.11 Å². The molecule has 0 aliphatic carbocycles. The highest BCUT2D eigenvalue weighted by Crippen LogP contribution is 2.23. The first-order valence-corrected chi connectivity index (χ1v) is 5.50. The molecule has 4 nitrogen and oxygen atoms in total. The molecular formula is C12H18FNO3. The monoisotopic (exact) mass is 243 g/mol. The van der Waals surface area contributed by atoms with Crippen LogP contribution in [-0.2, 0) is 6.61 Å². The Morgan fingerprint density at radius 3 is 2.65 bits per heavy atom. The van der Waals surface area contributed by atoms with Gasteiger partial charge in [-0.15, -0.1) is 0 Å². The number of hydrogen-bond acceptors (Lipinski definition) is 4. The fraction of sp³-hybridized carbons (Fsp3) is 0.500. The zero-order valence-corrected chi connectivity index (χ0v) is 9.73. The lowest BCUT2D eigenvalue weighted by molar-refractivity contribution is 0.0129. The van der Waals surface area contributed by atoms with Crippen molar-refractivity contribution in [3.8, 4) is 0 Å². The average Bonchev–Trinajstić information content (AvgIpc) is 2.34. The first-order chi connectivity index (χ1) is 8.10. The summed E-state index contributed by atoms with van der Waals surface area (Å²) in [5.41, 5.74) is 0.651. The van der Waals surface area contributed by atoms with Crippen molar-refractivity contribution in [3.05, 3.63) is 35.1 Å². The summed E-state index contributed by atoms with van der Waals surface area (Å²) in [5, 5.41) is 31.6. The maximum atomic E-state index is 12.9. The summed E-state index contributed by atoms with van der Waals surface area (Å²) < 4.78 is 12.9. The van der Waals surface area contributed by atoms with Crippen molar-refractivity contribution in [3.63, 3.8) is 0 Å². The van der Waals surface area contributed by atoms with E-state index in [1.165, 1.54) is 12.1 Å². The Morgan fingerprint density at radius 2 is 2.06 bits per heavy atom. The van der Waals surface area contributed by atoms with Crippen molar-refractivity contribution in [2.75, 3.05) is 13.6 Å². The highest BCUT2D eigenvalue weighted by Gasteiger charge is 2.20. The average molecular weight is 243 g/mol. The maximum absolute atomic E-state index is 12.9. The summed E-state index contributed by atoms with van der Waals surface area (Å²) in [6.45, 7) is 0.191. The number of aliphatic hydroxyl groups excluding tert-OH is 3. The summed E-state index contributed by atoms with van der Waals surface area (Å²) in [4.78, 5) is 0. The van der Waals surface area contributed by atoms with Crippen molar-refractivity contribution < 1.29 is 19.7 Å². The fourth-order valence-electron chi connectivity index (χ4n) is 1.66. The van der Waals surface area contributed by atoms with E-state index in [2.05, 4.69) is 5.32 Å². The lowest BCUT2D eigenvalue weighted by Crippen LogP contribution is -2.24.